The minimum Gasteiger partial charge on any atom is -0.388 e. The number of carbonyl (C=O) groups is 1. The lowest BCUT2D eigenvalue weighted by Gasteiger charge is -2.34. The third-order valence-corrected chi connectivity index (χ3v) is 4.82. The normalized spacial score (nSPS) is 16.9. The summed E-state index contributed by atoms with van der Waals surface area (Å²) in [6, 6.07) is 14.1. The van der Waals surface area contributed by atoms with E-state index in [0.717, 1.165) is 18.4 Å². The van der Waals surface area contributed by atoms with Crippen LogP contribution >= 0.6 is 0 Å². The highest BCUT2D eigenvalue weighted by molar-refractivity contribution is 5.94. The molecular formula is C20H22FNO2. The molecule has 1 amide bonds. The summed E-state index contributed by atoms with van der Waals surface area (Å²) in [6.45, 7) is 2.89. The van der Waals surface area contributed by atoms with E-state index >= 15 is 0 Å². The Morgan fingerprint density at radius 3 is 2.46 bits per heavy atom. The highest BCUT2D eigenvalue weighted by Crippen LogP contribution is 2.31. The zero-order valence-electron chi connectivity index (χ0n) is 13.8. The van der Waals surface area contributed by atoms with Crippen LogP contribution < -0.4 is 0 Å². The number of amides is 1. The standard InChI is InChI=1S/C20H22FNO2/c1-14-13-17(7-8-18(14)21)20(24)22-11-9-16(10-12-22)19(23)15-5-3-2-4-6-15/h2-8,13,16,19,23H,9-12H2,1H3. The minimum absolute atomic E-state index is 0.0641. The molecule has 4 heteroatoms. The van der Waals surface area contributed by atoms with Gasteiger partial charge in [-0.3, -0.25) is 4.79 Å². The van der Waals surface area contributed by atoms with Gasteiger partial charge in [-0.2, -0.15) is 0 Å². The molecule has 126 valence electrons. The maximum absolute atomic E-state index is 13.4. The van der Waals surface area contributed by atoms with E-state index in [-0.39, 0.29) is 17.6 Å². The van der Waals surface area contributed by atoms with Crippen molar-refractivity contribution in [3.8, 4) is 0 Å². The lowest BCUT2D eigenvalue weighted by atomic mass is 9.87. The number of piperidine rings is 1. The second-order valence-electron chi connectivity index (χ2n) is 6.45. The molecule has 3 rings (SSSR count). The summed E-state index contributed by atoms with van der Waals surface area (Å²) < 4.78 is 13.4. The van der Waals surface area contributed by atoms with Gasteiger partial charge in [-0.25, -0.2) is 4.39 Å². The van der Waals surface area contributed by atoms with Crippen LogP contribution in [0.15, 0.2) is 48.5 Å². The number of nitrogens with zero attached hydrogens (tertiary/aromatic N) is 1. The predicted molar refractivity (Wildman–Crippen MR) is 91.2 cm³/mol. The number of carbonyl (C=O) groups excluding carboxylic acids is 1. The molecule has 1 N–H and O–H groups in total. The fraction of sp³-hybridized carbons (Fsp3) is 0.350. The first kappa shape index (κ1) is 16.7. The number of aliphatic hydroxyl groups excluding tert-OH is 1. The Bertz CT molecular complexity index is 709. The fourth-order valence-electron chi connectivity index (χ4n) is 3.30. The van der Waals surface area contributed by atoms with Gasteiger partial charge in [-0.1, -0.05) is 30.3 Å². The van der Waals surface area contributed by atoms with Crippen molar-refractivity contribution in [2.75, 3.05) is 13.1 Å². The molecule has 1 fully saturated rings. The average molecular weight is 327 g/mol. The molecule has 0 aromatic heterocycles. The second-order valence-corrected chi connectivity index (χ2v) is 6.45. The molecule has 1 saturated heterocycles. The van der Waals surface area contributed by atoms with Crippen LogP contribution in [0, 0.1) is 18.7 Å². The van der Waals surface area contributed by atoms with E-state index in [0.29, 0.717) is 24.2 Å². The first-order valence-corrected chi connectivity index (χ1v) is 8.34. The molecular weight excluding hydrogens is 305 g/mol. The molecule has 1 atom stereocenters. The Hall–Kier alpha value is -2.20. The zero-order valence-corrected chi connectivity index (χ0v) is 13.8. The first-order valence-electron chi connectivity index (χ1n) is 8.34. The third kappa shape index (κ3) is 3.49. The van der Waals surface area contributed by atoms with Crippen molar-refractivity contribution < 1.29 is 14.3 Å². The average Bonchev–Trinajstić information content (AvgIpc) is 2.63. The predicted octanol–water partition coefficient (Wildman–Crippen LogP) is 3.72. The summed E-state index contributed by atoms with van der Waals surface area (Å²) in [6.07, 6.45) is 1.04. The molecule has 24 heavy (non-hydrogen) atoms. The number of halogens is 1. The van der Waals surface area contributed by atoms with Gasteiger partial charge in [0.2, 0.25) is 0 Å². The van der Waals surface area contributed by atoms with Crippen LogP contribution in [0.1, 0.15) is 40.4 Å². The number of hydrogen-bond acceptors (Lipinski definition) is 2. The monoisotopic (exact) mass is 327 g/mol. The van der Waals surface area contributed by atoms with E-state index in [4.69, 9.17) is 0 Å². The Labute approximate surface area is 141 Å². The molecule has 0 spiro atoms. The highest BCUT2D eigenvalue weighted by Gasteiger charge is 2.28. The van der Waals surface area contributed by atoms with Gasteiger partial charge in [-0.15, -0.1) is 0 Å². The van der Waals surface area contributed by atoms with E-state index in [9.17, 15) is 14.3 Å². The van der Waals surface area contributed by atoms with Crippen molar-refractivity contribution in [1.82, 2.24) is 4.90 Å². The van der Waals surface area contributed by atoms with Gasteiger partial charge < -0.3 is 10.0 Å². The molecule has 0 saturated carbocycles. The molecule has 1 unspecified atom stereocenters. The van der Waals surface area contributed by atoms with Gasteiger partial charge in [0.15, 0.2) is 0 Å². The van der Waals surface area contributed by atoms with Gasteiger partial charge in [0, 0.05) is 18.7 Å². The summed E-state index contributed by atoms with van der Waals surface area (Å²) in [5.41, 5.74) is 1.93. The zero-order chi connectivity index (χ0) is 17.1. The van der Waals surface area contributed by atoms with E-state index in [1.165, 1.54) is 12.1 Å². The largest absolute Gasteiger partial charge is 0.388 e. The van der Waals surface area contributed by atoms with E-state index in [2.05, 4.69) is 0 Å². The van der Waals surface area contributed by atoms with Gasteiger partial charge in [0.05, 0.1) is 6.10 Å². The topological polar surface area (TPSA) is 40.5 Å². The van der Waals surface area contributed by atoms with E-state index in [1.807, 2.05) is 30.3 Å². The Kier molecular flexibility index (Phi) is 4.95. The van der Waals surface area contributed by atoms with Crippen LogP contribution in [0.2, 0.25) is 0 Å². The minimum atomic E-state index is -0.489. The Balaban J connectivity index is 1.62. The molecule has 2 aromatic carbocycles. The SMILES string of the molecule is Cc1cc(C(=O)N2CCC(C(O)c3ccccc3)CC2)ccc1F. The van der Waals surface area contributed by atoms with Gasteiger partial charge in [0.1, 0.15) is 5.82 Å². The summed E-state index contributed by atoms with van der Waals surface area (Å²) in [7, 11) is 0. The third-order valence-electron chi connectivity index (χ3n) is 4.82. The van der Waals surface area contributed by atoms with Crippen LogP contribution in [0.25, 0.3) is 0 Å². The highest BCUT2D eigenvalue weighted by atomic mass is 19.1. The number of hydrogen-bond donors (Lipinski definition) is 1. The molecule has 1 aliphatic heterocycles. The van der Waals surface area contributed by atoms with Gasteiger partial charge >= 0.3 is 0 Å². The number of aliphatic hydroxyl groups is 1. The maximum Gasteiger partial charge on any atom is 0.253 e. The molecule has 1 aliphatic rings. The van der Waals surface area contributed by atoms with E-state index < -0.39 is 6.10 Å². The molecule has 3 nitrogen and oxygen atoms in total. The molecule has 0 radical (unpaired) electrons. The maximum atomic E-state index is 13.4. The smallest absolute Gasteiger partial charge is 0.253 e. The Morgan fingerprint density at radius 2 is 1.83 bits per heavy atom. The first-order chi connectivity index (χ1) is 11.6. The molecule has 0 aliphatic carbocycles. The molecule has 2 aromatic rings. The van der Waals surface area contributed by atoms with Crippen molar-refractivity contribution >= 4 is 5.91 Å². The van der Waals surface area contributed by atoms with Crippen molar-refractivity contribution in [2.45, 2.75) is 25.9 Å². The van der Waals surface area contributed by atoms with E-state index in [1.54, 1.807) is 17.9 Å². The number of aryl methyl sites for hydroxylation is 1. The summed E-state index contributed by atoms with van der Waals surface area (Å²) in [5, 5.41) is 10.5. The van der Waals surface area contributed by atoms with Crippen molar-refractivity contribution in [1.29, 1.82) is 0 Å². The summed E-state index contributed by atoms with van der Waals surface area (Å²) >= 11 is 0. The molecule has 0 bridgehead atoms. The number of rotatable bonds is 3. The van der Waals surface area contributed by atoms with Gasteiger partial charge in [-0.05, 0) is 55.0 Å². The molecule has 1 heterocycles. The number of benzene rings is 2. The van der Waals surface area contributed by atoms with Crippen molar-refractivity contribution in [3.63, 3.8) is 0 Å². The van der Waals surface area contributed by atoms with Crippen LogP contribution in [0.5, 0.6) is 0 Å². The fourth-order valence-corrected chi connectivity index (χ4v) is 3.30. The number of likely N-dealkylation sites (tertiary alicyclic amines) is 1. The Morgan fingerprint density at radius 1 is 1.17 bits per heavy atom. The van der Waals surface area contributed by atoms with Crippen LogP contribution in [-0.2, 0) is 0 Å². The second kappa shape index (κ2) is 7.14. The van der Waals surface area contributed by atoms with Crippen LogP contribution in [-0.4, -0.2) is 29.0 Å². The van der Waals surface area contributed by atoms with Crippen LogP contribution in [0.3, 0.4) is 0 Å². The van der Waals surface area contributed by atoms with Gasteiger partial charge in [0.25, 0.3) is 5.91 Å². The quantitative estimate of drug-likeness (QED) is 0.933. The lowest BCUT2D eigenvalue weighted by Crippen LogP contribution is -2.39. The summed E-state index contributed by atoms with van der Waals surface area (Å²) in [4.78, 5) is 14.3. The van der Waals surface area contributed by atoms with Crippen LogP contribution in [0.4, 0.5) is 4.39 Å². The van der Waals surface area contributed by atoms with Crippen molar-refractivity contribution in [3.05, 3.63) is 71.0 Å². The lowest BCUT2D eigenvalue weighted by molar-refractivity contribution is 0.0462. The summed E-state index contributed by atoms with van der Waals surface area (Å²) in [5.74, 6) is -0.201. The van der Waals surface area contributed by atoms with Crippen molar-refractivity contribution in [2.24, 2.45) is 5.92 Å².